The molecule has 7 nitrogen and oxygen atoms in total. The monoisotopic (exact) mass is 283 g/mol. The van der Waals surface area contributed by atoms with Crippen molar-refractivity contribution >= 4 is 22.7 Å². The Labute approximate surface area is 118 Å². The third-order valence-electron chi connectivity index (χ3n) is 3.08. The van der Waals surface area contributed by atoms with Gasteiger partial charge in [-0.2, -0.15) is 0 Å². The van der Waals surface area contributed by atoms with Gasteiger partial charge in [0.25, 0.3) is 5.69 Å². The van der Waals surface area contributed by atoms with Crippen LogP contribution in [0.5, 0.6) is 0 Å². The number of benzene rings is 2. The number of carboxylic acid groups (broad SMARTS) is 1. The molecule has 0 bridgehead atoms. The van der Waals surface area contributed by atoms with Crippen LogP contribution in [0.15, 0.2) is 42.5 Å². The lowest BCUT2D eigenvalue weighted by Gasteiger charge is -1.97. The molecular weight excluding hydrogens is 274 g/mol. The normalized spacial score (nSPS) is 10.7. The number of carbonyl (C=O) groups is 1. The molecule has 0 aliphatic carbocycles. The molecule has 1 heterocycles. The lowest BCUT2D eigenvalue weighted by Crippen LogP contribution is -1.95. The SMILES string of the molecule is O=C(O)c1ccc(-c2nc3ccc([N+](=O)[O-])cc3[nH]2)cc1. The van der Waals surface area contributed by atoms with Crippen molar-refractivity contribution in [1.29, 1.82) is 0 Å². The van der Waals surface area contributed by atoms with E-state index in [1.54, 1.807) is 18.2 Å². The van der Waals surface area contributed by atoms with Crippen LogP contribution in [0.25, 0.3) is 22.4 Å². The maximum Gasteiger partial charge on any atom is 0.335 e. The molecule has 1 aromatic heterocycles. The quantitative estimate of drug-likeness (QED) is 0.567. The second kappa shape index (κ2) is 4.71. The maximum atomic E-state index is 10.8. The van der Waals surface area contributed by atoms with Gasteiger partial charge >= 0.3 is 5.97 Å². The molecule has 2 N–H and O–H groups in total. The van der Waals surface area contributed by atoms with Gasteiger partial charge in [0.15, 0.2) is 0 Å². The van der Waals surface area contributed by atoms with Gasteiger partial charge in [0, 0.05) is 17.7 Å². The van der Waals surface area contributed by atoms with Crippen molar-refractivity contribution in [3.8, 4) is 11.4 Å². The minimum atomic E-state index is -0.998. The van der Waals surface area contributed by atoms with Crippen LogP contribution in [0.3, 0.4) is 0 Å². The number of nitro groups is 1. The van der Waals surface area contributed by atoms with E-state index in [9.17, 15) is 14.9 Å². The molecule has 0 aliphatic heterocycles. The van der Waals surface area contributed by atoms with E-state index in [0.717, 1.165) is 0 Å². The van der Waals surface area contributed by atoms with E-state index in [1.165, 1.54) is 24.3 Å². The number of nitro benzene ring substituents is 1. The third-order valence-corrected chi connectivity index (χ3v) is 3.08. The number of nitrogens with one attached hydrogen (secondary N) is 1. The lowest BCUT2D eigenvalue weighted by atomic mass is 10.1. The molecule has 0 unspecified atom stereocenters. The molecule has 7 heteroatoms. The molecule has 0 atom stereocenters. The van der Waals surface area contributed by atoms with Gasteiger partial charge < -0.3 is 10.1 Å². The summed E-state index contributed by atoms with van der Waals surface area (Å²) in [5.74, 6) is -0.468. The number of H-pyrrole nitrogens is 1. The van der Waals surface area contributed by atoms with E-state index in [2.05, 4.69) is 9.97 Å². The fourth-order valence-electron chi connectivity index (χ4n) is 2.02. The minimum Gasteiger partial charge on any atom is -0.478 e. The van der Waals surface area contributed by atoms with Crippen molar-refractivity contribution in [2.45, 2.75) is 0 Å². The molecule has 0 aliphatic rings. The minimum absolute atomic E-state index is 0.0149. The Hall–Kier alpha value is -3.22. The number of imidazole rings is 1. The van der Waals surface area contributed by atoms with Gasteiger partial charge in [-0.15, -0.1) is 0 Å². The average molecular weight is 283 g/mol. The van der Waals surface area contributed by atoms with Crippen LogP contribution in [0, 0.1) is 10.1 Å². The van der Waals surface area contributed by atoms with Gasteiger partial charge in [-0.25, -0.2) is 9.78 Å². The fraction of sp³-hybridized carbons (Fsp3) is 0. The van der Waals surface area contributed by atoms with Crippen LogP contribution in [0.1, 0.15) is 10.4 Å². The third kappa shape index (κ3) is 2.32. The molecule has 3 aromatic rings. The summed E-state index contributed by atoms with van der Waals surface area (Å²) in [6.45, 7) is 0. The highest BCUT2D eigenvalue weighted by Crippen LogP contribution is 2.24. The van der Waals surface area contributed by atoms with Crippen molar-refractivity contribution in [3.05, 3.63) is 58.1 Å². The van der Waals surface area contributed by atoms with E-state index in [-0.39, 0.29) is 11.3 Å². The Kier molecular flexibility index (Phi) is 2.87. The van der Waals surface area contributed by atoms with Crippen molar-refractivity contribution in [2.75, 3.05) is 0 Å². The number of aromatic amines is 1. The molecule has 2 aromatic carbocycles. The smallest absolute Gasteiger partial charge is 0.335 e. The number of hydrogen-bond acceptors (Lipinski definition) is 4. The van der Waals surface area contributed by atoms with Gasteiger partial charge in [0.2, 0.25) is 0 Å². The van der Waals surface area contributed by atoms with Gasteiger partial charge in [-0.05, 0) is 18.2 Å². The molecule has 0 fully saturated rings. The van der Waals surface area contributed by atoms with E-state index >= 15 is 0 Å². The molecule has 3 rings (SSSR count). The summed E-state index contributed by atoms with van der Waals surface area (Å²) in [6.07, 6.45) is 0. The van der Waals surface area contributed by atoms with E-state index in [0.29, 0.717) is 22.4 Å². The van der Waals surface area contributed by atoms with Crippen LogP contribution >= 0.6 is 0 Å². The van der Waals surface area contributed by atoms with Gasteiger partial charge in [0.1, 0.15) is 5.82 Å². The van der Waals surface area contributed by atoms with Crippen LogP contribution < -0.4 is 0 Å². The second-order valence-electron chi connectivity index (χ2n) is 4.43. The standard InChI is InChI=1S/C14H9N3O4/c18-14(19)9-3-1-8(2-4-9)13-15-11-6-5-10(17(20)21)7-12(11)16-13/h1-7H,(H,15,16)(H,18,19). The van der Waals surface area contributed by atoms with E-state index < -0.39 is 10.9 Å². The Morgan fingerprint density at radius 3 is 2.52 bits per heavy atom. The Balaban J connectivity index is 2.04. The Morgan fingerprint density at radius 1 is 1.19 bits per heavy atom. The summed E-state index contributed by atoms with van der Waals surface area (Å²) in [5.41, 5.74) is 2.04. The zero-order valence-electron chi connectivity index (χ0n) is 10.6. The zero-order chi connectivity index (χ0) is 15.0. The molecule has 0 spiro atoms. The summed E-state index contributed by atoms with van der Waals surface area (Å²) in [7, 11) is 0. The van der Waals surface area contributed by atoms with Gasteiger partial charge in [-0.1, -0.05) is 12.1 Å². The highest BCUT2D eigenvalue weighted by molar-refractivity contribution is 5.88. The highest BCUT2D eigenvalue weighted by atomic mass is 16.6. The summed E-state index contributed by atoms with van der Waals surface area (Å²) < 4.78 is 0. The number of fused-ring (bicyclic) bond motifs is 1. The predicted octanol–water partition coefficient (Wildman–Crippen LogP) is 2.84. The van der Waals surface area contributed by atoms with Gasteiger partial charge in [0.05, 0.1) is 21.5 Å². The van der Waals surface area contributed by atoms with Crippen molar-refractivity contribution in [3.63, 3.8) is 0 Å². The van der Waals surface area contributed by atoms with Crippen LogP contribution in [-0.4, -0.2) is 26.0 Å². The molecule has 0 amide bonds. The largest absolute Gasteiger partial charge is 0.478 e. The Bertz CT molecular complexity index is 852. The van der Waals surface area contributed by atoms with Crippen molar-refractivity contribution in [2.24, 2.45) is 0 Å². The molecule has 0 saturated carbocycles. The number of aromatic carboxylic acids is 1. The number of carboxylic acids is 1. The summed E-state index contributed by atoms with van der Waals surface area (Å²) >= 11 is 0. The number of hydrogen-bond donors (Lipinski definition) is 2. The zero-order valence-corrected chi connectivity index (χ0v) is 10.6. The van der Waals surface area contributed by atoms with Gasteiger partial charge in [-0.3, -0.25) is 10.1 Å². The molecule has 0 saturated heterocycles. The van der Waals surface area contributed by atoms with Crippen molar-refractivity contribution < 1.29 is 14.8 Å². The molecule has 21 heavy (non-hydrogen) atoms. The topological polar surface area (TPSA) is 109 Å². The highest BCUT2D eigenvalue weighted by Gasteiger charge is 2.11. The maximum absolute atomic E-state index is 10.8. The second-order valence-corrected chi connectivity index (χ2v) is 4.43. The lowest BCUT2D eigenvalue weighted by molar-refractivity contribution is -0.384. The summed E-state index contributed by atoms with van der Waals surface area (Å²) in [4.78, 5) is 28.4. The number of rotatable bonds is 3. The molecule has 0 radical (unpaired) electrons. The summed E-state index contributed by atoms with van der Waals surface area (Å²) in [5, 5.41) is 19.6. The Morgan fingerprint density at radius 2 is 1.90 bits per heavy atom. The molecular formula is C14H9N3O4. The number of nitrogens with zero attached hydrogens (tertiary/aromatic N) is 2. The van der Waals surface area contributed by atoms with Crippen LogP contribution in [0.2, 0.25) is 0 Å². The fourth-order valence-corrected chi connectivity index (χ4v) is 2.02. The first-order chi connectivity index (χ1) is 10.0. The first kappa shape index (κ1) is 12.8. The number of aromatic nitrogens is 2. The average Bonchev–Trinajstić information content (AvgIpc) is 2.90. The number of non-ortho nitro benzene ring substituents is 1. The predicted molar refractivity (Wildman–Crippen MR) is 75.1 cm³/mol. The van der Waals surface area contributed by atoms with Crippen LogP contribution in [-0.2, 0) is 0 Å². The van der Waals surface area contributed by atoms with Crippen LogP contribution in [0.4, 0.5) is 5.69 Å². The first-order valence-electron chi connectivity index (χ1n) is 6.02. The van der Waals surface area contributed by atoms with E-state index in [1.807, 2.05) is 0 Å². The summed E-state index contributed by atoms with van der Waals surface area (Å²) in [6, 6.07) is 10.6. The molecule has 104 valence electrons. The first-order valence-corrected chi connectivity index (χ1v) is 6.02. The van der Waals surface area contributed by atoms with Crippen molar-refractivity contribution in [1.82, 2.24) is 9.97 Å². The van der Waals surface area contributed by atoms with E-state index in [4.69, 9.17) is 5.11 Å².